The number of aromatic nitrogens is 2. The van der Waals surface area contributed by atoms with Gasteiger partial charge in [0.15, 0.2) is 5.43 Å². The van der Waals surface area contributed by atoms with Gasteiger partial charge in [0.2, 0.25) is 0 Å². The first-order valence-corrected chi connectivity index (χ1v) is 8.63. The molecule has 2 aromatic carbocycles. The summed E-state index contributed by atoms with van der Waals surface area (Å²) in [5.41, 5.74) is 3.67. The van der Waals surface area contributed by atoms with Crippen molar-refractivity contribution in [3.8, 4) is 17.1 Å². The molecule has 1 heterocycles. The molecule has 0 saturated carbocycles. The first-order chi connectivity index (χ1) is 12.6. The summed E-state index contributed by atoms with van der Waals surface area (Å²) in [4.78, 5) is 19.8. The zero-order valence-corrected chi connectivity index (χ0v) is 15.2. The maximum absolute atomic E-state index is 12.8. The third kappa shape index (κ3) is 2.70. The van der Waals surface area contributed by atoms with Crippen molar-refractivity contribution in [1.82, 2.24) is 14.5 Å². The highest BCUT2D eigenvalue weighted by atomic mass is 16.5. The van der Waals surface area contributed by atoms with E-state index in [1.54, 1.807) is 19.2 Å². The van der Waals surface area contributed by atoms with Crippen LogP contribution in [0.5, 0.6) is 5.75 Å². The van der Waals surface area contributed by atoms with E-state index >= 15 is 0 Å². The Morgan fingerprint density at radius 2 is 1.88 bits per heavy atom. The molecule has 0 N–H and O–H groups in total. The van der Waals surface area contributed by atoms with Crippen molar-refractivity contribution >= 4 is 21.8 Å². The summed E-state index contributed by atoms with van der Waals surface area (Å²) in [5, 5.41) is 1.50. The van der Waals surface area contributed by atoms with E-state index in [9.17, 15) is 4.79 Å². The normalized spacial score (nSPS) is 11.7. The van der Waals surface area contributed by atoms with Gasteiger partial charge in [0, 0.05) is 29.9 Å². The molecule has 0 amide bonds. The molecule has 0 fully saturated rings. The molecule has 132 valence electrons. The van der Waals surface area contributed by atoms with Crippen LogP contribution < -0.4 is 10.2 Å². The van der Waals surface area contributed by atoms with Crippen molar-refractivity contribution in [2.75, 3.05) is 27.7 Å². The first kappa shape index (κ1) is 16.5. The molecule has 0 bridgehead atoms. The number of fused-ring (bicyclic) bond motifs is 4. The van der Waals surface area contributed by atoms with E-state index in [0.29, 0.717) is 11.1 Å². The molecule has 2 aromatic rings. The van der Waals surface area contributed by atoms with Crippen LogP contribution in [0.1, 0.15) is 0 Å². The average molecular weight is 347 g/mol. The van der Waals surface area contributed by atoms with Crippen LogP contribution in [0.3, 0.4) is 0 Å². The lowest BCUT2D eigenvalue weighted by molar-refractivity contribution is 0.387. The number of hydrogen-bond acceptors (Lipinski definition) is 4. The van der Waals surface area contributed by atoms with Crippen LogP contribution in [-0.4, -0.2) is 42.2 Å². The highest BCUT2D eigenvalue weighted by Crippen LogP contribution is 2.31. The fraction of sp³-hybridized carbons (Fsp3) is 0.238. The molecule has 5 heteroatoms. The summed E-state index contributed by atoms with van der Waals surface area (Å²) in [6.07, 6.45) is 0. The molecule has 4 rings (SSSR count). The molecular weight excluding hydrogens is 326 g/mol. The average Bonchev–Trinajstić information content (AvgIpc) is 2.65. The van der Waals surface area contributed by atoms with E-state index in [1.165, 1.54) is 0 Å². The van der Waals surface area contributed by atoms with Crippen LogP contribution in [0.25, 0.3) is 33.2 Å². The Bertz CT molecular complexity index is 1130. The summed E-state index contributed by atoms with van der Waals surface area (Å²) >= 11 is 0. The van der Waals surface area contributed by atoms with Crippen molar-refractivity contribution in [2.24, 2.45) is 0 Å². The largest absolute Gasteiger partial charge is 0.497 e. The number of hydrogen-bond donors (Lipinski definition) is 0. The summed E-state index contributed by atoms with van der Waals surface area (Å²) in [5.74, 6) is 0.676. The molecule has 0 radical (unpaired) electrons. The summed E-state index contributed by atoms with van der Waals surface area (Å²) < 4.78 is 7.48. The quantitative estimate of drug-likeness (QED) is 0.420. The van der Waals surface area contributed by atoms with Gasteiger partial charge in [-0.05, 0) is 44.4 Å². The molecular formula is C21H21N3O2. The lowest BCUT2D eigenvalue weighted by atomic mass is 10.0. The first-order valence-electron chi connectivity index (χ1n) is 8.63. The number of rotatable bonds is 4. The van der Waals surface area contributed by atoms with Gasteiger partial charge in [0.05, 0.1) is 29.5 Å². The molecule has 0 aromatic heterocycles. The van der Waals surface area contributed by atoms with Crippen LogP contribution in [0.15, 0.2) is 53.3 Å². The molecule has 0 atom stereocenters. The molecule has 0 saturated heterocycles. The van der Waals surface area contributed by atoms with Crippen molar-refractivity contribution in [3.63, 3.8) is 0 Å². The van der Waals surface area contributed by atoms with Crippen LogP contribution >= 0.6 is 0 Å². The minimum atomic E-state index is -0.0120. The highest BCUT2D eigenvalue weighted by molar-refractivity contribution is 5.98. The van der Waals surface area contributed by atoms with Crippen LogP contribution in [0.2, 0.25) is 0 Å². The van der Waals surface area contributed by atoms with Gasteiger partial charge >= 0.3 is 0 Å². The Kier molecular flexibility index (Phi) is 4.09. The second kappa shape index (κ2) is 6.42. The maximum atomic E-state index is 12.8. The lowest BCUT2D eigenvalue weighted by Crippen LogP contribution is -2.21. The number of benzene rings is 3. The van der Waals surface area contributed by atoms with Crippen molar-refractivity contribution in [2.45, 2.75) is 6.54 Å². The third-order valence-electron chi connectivity index (χ3n) is 4.72. The minimum Gasteiger partial charge on any atom is -0.497 e. The van der Waals surface area contributed by atoms with Gasteiger partial charge < -0.3 is 14.2 Å². The predicted molar refractivity (Wildman–Crippen MR) is 105 cm³/mol. The summed E-state index contributed by atoms with van der Waals surface area (Å²) in [6, 6.07) is 15.4. The zero-order valence-electron chi connectivity index (χ0n) is 15.2. The lowest BCUT2D eigenvalue weighted by Gasteiger charge is -2.21. The van der Waals surface area contributed by atoms with Gasteiger partial charge in [0.1, 0.15) is 5.75 Å². The molecule has 1 aliphatic carbocycles. The Hall–Kier alpha value is -2.92. The summed E-state index contributed by atoms with van der Waals surface area (Å²) in [7, 11) is 5.70. The monoisotopic (exact) mass is 347 g/mol. The topological polar surface area (TPSA) is 47.4 Å². The van der Waals surface area contributed by atoms with Crippen LogP contribution in [0.4, 0.5) is 0 Å². The molecule has 0 spiro atoms. The van der Waals surface area contributed by atoms with Crippen LogP contribution in [-0.2, 0) is 6.54 Å². The second-order valence-corrected chi connectivity index (χ2v) is 6.71. The Morgan fingerprint density at radius 3 is 2.65 bits per heavy atom. The zero-order chi connectivity index (χ0) is 18.3. The van der Waals surface area contributed by atoms with Crippen LogP contribution in [0, 0.1) is 0 Å². The Balaban J connectivity index is 2.10. The SMILES string of the molecule is COc1ccc2c3nc4ccccc4n(CCN(C)C)c-3cc(=O)c2c1. The van der Waals surface area contributed by atoms with Gasteiger partial charge in [-0.2, -0.15) is 0 Å². The Labute approximate surface area is 151 Å². The third-order valence-corrected chi connectivity index (χ3v) is 4.72. The van der Waals surface area contributed by atoms with Crippen molar-refractivity contribution in [3.05, 3.63) is 58.8 Å². The maximum Gasteiger partial charge on any atom is 0.188 e. The van der Waals surface area contributed by atoms with E-state index in [1.807, 2.05) is 44.4 Å². The number of methoxy groups -OCH3 is 1. The molecule has 26 heavy (non-hydrogen) atoms. The molecule has 2 aliphatic rings. The number of likely N-dealkylation sites (N-methyl/N-ethyl adjacent to an activating group) is 1. The van der Waals surface area contributed by atoms with Crippen molar-refractivity contribution < 1.29 is 4.74 Å². The smallest absolute Gasteiger partial charge is 0.188 e. The van der Waals surface area contributed by atoms with E-state index in [4.69, 9.17) is 9.72 Å². The fourth-order valence-electron chi connectivity index (χ4n) is 3.37. The molecule has 1 aliphatic heterocycles. The van der Waals surface area contributed by atoms with Gasteiger partial charge in [-0.3, -0.25) is 4.79 Å². The Morgan fingerprint density at radius 1 is 1.08 bits per heavy atom. The minimum absolute atomic E-state index is 0.0120. The van der Waals surface area contributed by atoms with Crippen molar-refractivity contribution in [1.29, 1.82) is 0 Å². The number of ether oxygens (including phenoxy) is 1. The molecule has 0 unspecified atom stereocenters. The van der Waals surface area contributed by atoms with E-state index < -0.39 is 0 Å². The highest BCUT2D eigenvalue weighted by Gasteiger charge is 2.18. The standard InChI is InChI=1S/C21H21N3O2/c1-23(2)10-11-24-18-7-5-4-6-17(18)22-21-15-9-8-14(26-3)12-16(15)20(25)13-19(21)24/h4-9,12-13H,10-11H2,1-3H3. The number of para-hydroxylation sites is 2. The second-order valence-electron chi connectivity index (χ2n) is 6.71. The van der Waals surface area contributed by atoms with Gasteiger partial charge in [0.25, 0.3) is 0 Å². The van der Waals surface area contributed by atoms with E-state index in [-0.39, 0.29) is 5.43 Å². The fourth-order valence-corrected chi connectivity index (χ4v) is 3.37. The van der Waals surface area contributed by atoms with E-state index in [2.05, 4.69) is 15.5 Å². The van der Waals surface area contributed by atoms with E-state index in [0.717, 1.165) is 40.9 Å². The number of nitrogens with zero attached hydrogens (tertiary/aromatic N) is 3. The predicted octanol–water partition coefficient (Wildman–Crippen LogP) is 3.22. The van der Waals surface area contributed by atoms with Gasteiger partial charge in [-0.25, -0.2) is 4.98 Å². The van der Waals surface area contributed by atoms with Gasteiger partial charge in [-0.15, -0.1) is 0 Å². The molecule has 5 nitrogen and oxygen atoms in total. The summed E-state index contributed by atoms with van der Waals surface area (Å²) in [6.45, 7) is 1.66. The van der Waals surface area contributed by atoms with Gasteiger partial charge in [-0.1, -0.05) is 12.1 Å².